The van der Waals surface area contributed by atoms with Crippen molar-refractivity contribution >= 4 is 5.91 Å². The molecule has 106 valence electrons. The highest BCUT2D eigenvalue weighted by atomic mass is 16.2. The zero-order valence-electron chi connectivity index (χ0n) is 12.8. The molecule has 0 radical (unpaired) electrons. The first-order valence-electron chi connectivity index (χ1n) is 7.27. The van der Waals surface area contributed by atoms with Crippen LogP contribution < -0.4 is 0 Å². The number of amides is 1. The third-order valence-corrected chi connectivity index (χ3v) is 3.79. The van der Waals surface area contributed by atoms with Gasteiger partial charge >= 0.3 is 0 Å². The summed E-state index contributed by atoms with van der Waals surface area (Å²) in [5, 5.41) is 0. The summed E-state index contributed by atoms with van der Waals surface area (Å²) in [7, 11) is 1.91. The molecule has 0 bridgehead atoms. The fourth-order valence-electron chi connectivity index (χ4n) is 2.16. The van der Waals surface area contributed by atoms with Crippen molar-refractivity contribution in [3.8, 4) is 0 Å². The SMILES string of the molecule is CCCCN(C)C(=O)CCC(C)(C)c1ccccc1. The summed E-state index contributed by atoms with van der Waals surface area (Å²) in [6.45, 7) is 7.45. The summed E-state index contributed by atoms with van der Waals surface area (Å²) in [4.78, 5) is 13.9. The van der Waals surface area contributed by atoms with Crippen LogP contribution in [0.5, 0.6) is 0 Å². The van der Waals surface area contributed by atoms with Crippen molar-refractivity contribution in [2.24, 2.45) is 0 Å². The summed E-state index contributed by atoms with van der Waals surface area (Å²) in [6, 6.07) is 10.4. The number of unbranched alkanes of at least 4 members (excludes halogenated alkanes) is 1. The van der Waals surface area contributed by atoms with Crippen molar-refractivity contribution < 1.29 is 4.79 Å². The Labute approximate surface area is 117 Å². The Morgan fingerprint density at radius 2 is 1.84 bits per heavy atom. The zero-order chi connectivity index (χ0) is 14.3. The summed E-state index contributed by atoms with van der Waals surface area (Å²) in [5.74, 6) is 0.262. The van der Waals surface area contributed by atoms with Crippen LogP contribution in [0, 0.1) is 0 Å². The molecule has 0 aliphatic heterocycles. The molecule has 1 amide bonds. The van der Waals surface area contributed by atoms with E-state index in [9.17, 15) is 4.79 Å². The molecule has 0 heterocycles. The largest absolute Gasteiger partial charge is 0.346 e. The van der Waals surface area contributed by atoms with E-state index in [1.807, 2.05) is 18.0 Å². The van der Waals surface area contributed by atoms with E-state index in [4.69, 9.17) is 0 Å². The van der Waals surface area contributed by atoms with Crippen LogP contribution in [-0.4, -0.2) is 24.4 Å². The molecule has 0 unspecified atom stereocenters. The number of nitrogens with zero attached hydrogens (tertiary/aromatic N) is 1. The van der Waals surface area contributed by atoms with Gasteiger partial charge in [-0.3, -0.25) is 4.79 Å². The molecule has 0 spiro atoms. The van der Waals surface area contributed by atoms with Crippen molar-refractivity contribution in [1.29, 1.82) is 0 Å². The molecule has 1 aromatic rings. The van der Waals surface area contributed by atoms with Crippen molar-refractivity contribution in [2.75, 3.05) is 13.6 Å². The van der Waals surface area contributed by atoms with Crippen LogP contribution in [0.2, 0.25) is 0 Å². The second-order valence-corrected chi connectivity index (χ2v) is 5.92. The van der Waals surface area contributed by atoms with Crippen molar-refractivity contribution in [3.05, 3.63) is 35.9 Å². The highest BCUT2D eigenvalue weighted by Crippen LogP contribution is 2.28. The third-order valence-electron chi connectivity index (χ3n) is 3.79. The summed E-state index contributed by atoms with van der Waals surface area (Å²) >= 11 is 0. The second kappa shape index (κ2) is 7.32. The molecule has 0 aromatic heterocycles. The maximum absolute atomic E-state index is 12.1. The predicted octanol–water partition coefficient (Wildman–Crippen LogP) is 4.00. The Morgan fingerprint density at radius 3 is 2.42 bits per heavy atom. The average molecular weight is 261 g/mol. The number of rotatable bonds is 7. The van der Waals surface area contributed by atoms with Gasteiger partial charge in [-0.05, 0) is 23.8 Å². The van der Waals surface area contributed by atoms with Gasteiger partial charge in [-0.25, -0.2) is 0 Å². The molecule has 19 heavy (non-hydrogen) atoms. The fourth-order valence-corrected chi connectivity index (χ4v) is 2.16. The van der Waals surface area contributed by atoms with Gasteiger partial charge in [0.25, 0.3) is 0 Å². The maximum atomic E-state index is 12.1. The first kappa shape index (κ1) is 15.7. The summed E-state index contributed by atoms with van der Waals surface area (Å²) in [6.07, 6.45) is 3.74. The van der Waals surface area contributed by atoms with E-state index in [0.29, 0.717) is 6.42 Å². The van der Waals surface area contributed by atoms with Crippen LogP contribution in [0.1, 0.15) is 52.0 Å². The quantitative estimate of drug-likeness (QED) is 0.726. The van der Waals surface area contributed by atoms with Crippen LogP contribution in [0.15, 0.2) is 30.3 Å². The Hall–Kier alpha value is -1.31. The third kappa shape index (κ3) is 5.06. The molecule has 2 nitrogen and oxygen atoms in total. The molecule has 1 aromatic carbocycles. The molecule has 0 aliphatic carbocycles. The van der Waals surface area contributed by atoms with E-state index in [2.05, 4.69) is 45.0 Å². The first-order valence-corrected chi connectivity index (χ1v) is 7.27. The van der Waals surface area contributed by atoms with Gasteiger partial charge in [0.15, 0.2) is 0 Å². The molecular weight excluding hydrogens is 234 g/mol. The lowest BCUT2D eigenvalue weighted by molar-refractivity contribution is -0.130. The molecule has 0 aliphatic rings. The topological polar surface area (TPSA) is 20.3 Å². The van der Waals surface area contributed by atoms with Crippen molar-refractivity contribution in [3.63, 3.8) is 0 Å². The monoisotopic (exact) mass is 261 g/mol. The van der Waals surface area contributed by atoms with Gasteiger partial charge < -0.3 is 4.90 Å². The summed E-state index contributed by atoms with van der Waals surface area (Å²) in [5.41, 5.74) is 1.36. The van der Waals surface area contributed by atoms with Crippen LogP contribution in [0.3, 0.4) is 0 Å². The molecule has 2 heteroatoms. The van der Waals surface area contributed by atoms with E-state index in [1.165, 1.54) is 5.56 Å². The lowest BCUT2D eigenvalue weighted by atomic mass is 9.80. The van der Waals surface area contributed by atoms with Crippen molar-refractivity contribution in [2.45, 2.75) is 51.9 Å². The normalized spacial score (nSPS) is 11.4. The lowest BCUT2D eigenvalue weighted by Crippen LogP contribution is -2.29. The van der Waals surface area contributed by atoms with Gasteiger partial charge in [0.05, 0.1) is 0 Å². The Balaban J connectivity index is 2.49. The average Bonchev–Trinajstić information content (AvgIpc) is 2.43. The van der Waals surface area contributed by atoms with Gasteiger partial charge in [0.2, 0.25) is 5.91 Å². The number of carbonyl (C=O) groups is 1. The van der Waals surface area contributed by atoms with E-state index in [0.717, 1.165) is 25.8 Å². The number of carbonyl (C=O) groups excluding carboxylic acids is 1. The van der Waals surface area contributed by atoms with Gasteiger partial charge in [-0.2, -0.15) is 0 Å². The molecule has 0 saturated carbocycles. The minimum absolute atomic E-state index is 0.0581. The minimum Gasteiger partial charge on any atom is -0.346 e. The van der Waals surface area contributed by atoms with Crippen LogP contribution in [-0.2, 0) is 10.2 Å². The molecule has 1 rings (SSSR count). The van der Waals surface area contributed by atoms with Crippen LogP contribution >= 0.6 is 0 Å². The molecule has 0 fully saturated rings. The predicted molar refractivity (Wildman–Crippen MR) is 81.2 cm³/mol. The first-order chi connectivity index (χ1) is 8.97. The van der Waals surface area contributed by atoms with Gasteiger partial charge in [-0.1, -0.05) is 57.5 Å². The molecule has 0 saturated heterocycles. The van der Waals surface area contributed by atoms with Crippen LogP contribution in [0.4, 0.5) is 0 Å². The highest BCUT2D eigenvalue weighted by molar-refractivity contribution is 5.75. The zero-order valence-corrected chi connectivity index (χ0v) is 12.8. The van der Waals surface area contributed by atoms with E-state index in [1.54, 1.807) is 0 Å². The summed E-state index contributed by atoms with van der Waals surface area (Å²) < 4.78 is 0. The number of hydrogen-bond donors (Lipinski definition) is 0. The van der Waals surface area contributed by atoms with E-state index < -0.39 is 0 Å². The van der Waals surface area contributed by atoms with E-state index >= 15 is 0 Å². The second-order valence-electron chi connectivity index (χ2n) is 5.92. The fraction of sp³-hybridized carbons (Fsp3) is 0.588. The minimum atomic E-state index is 0.0581. The lowest BCUT2D eigenvalue weighted by Gasteiger charge is -2.26. The van der Waals surface area contributed by atoms with E-state index in [-0.39, 0.29) is 11.3 Å². The highest BCUT2D eigenvalue weighted by Gasteiger charge is 2.22. The Kier molecular flexibility index (Phi) is 6.07. The Morgan fingerprint density at radius 1 is 1.21 bits per heavy atom. The van der Waals surface area contributed by atoms with Gasteiger partial charge in [-0.15, -0.1) is 0 Å². The standard InChI is InChI=1S/C17H27NO/c1-5-6-14-18(4)16(19)12-13-17(2,3)15-10-8-7-9-11-15/h7-11H,5-6,12-14H2,1-4H3. The smallest absolute Gasteiger partial charge is 0.222 e. The maximum Gasteiger partial charge on any atom is 0.222 e. The number of hydrogen-bond acceptors (Lipinski definition) is 1. The number of benzene rings is 1. The van der Waals surface area contributed by atoms with Gasteiger partial charge in [0.1, 0.15) is 0 Å². The van der Waals surface area contributed by atoms with Crippen LogP contribution in [0.25, 0.3) is 0 Å². The Bertz CT molecular complexity index is 384. The molecule has 0 N–H and O–H groups in total. The van der Waals surface area contributed by atoms with Gasteiger partial charge in [0, 0.05) is 20.0 Å². The molecule has 0 atom stereocenters. The van der Waals surface area contributed by atoms with Crippen molar-refractivity contribution in [1.82, 2.24) is 4.90 Å². The molecular formula is C17H27NO.